The second-order valence-electron chi connectivity index (χ2n) is 4.99. The number of hydrogen-bond acceptors (Lipinski definition) is 3. The van der Waals surface area contributed by atoms with Crippen LogP contribution in [-0.4, -0.2) is 19.8 Å². The van der Waals surface area contributed by atoms with Crippen LogP contribution in [0.1, 0.15) is 21.6 Å². The monoisotopic (exact) mass is 343 g/mol. The lowest BCUT2D eigenvalue weighted by atomic mass is 10.1. The van der Waals surface area contributed by atoms with Crippen LogP contribution >= 0.6 is 22.9 Å². The maximum atomic E-state index is 12.8. The van der Waals surface area contributed by atoms with Crippen LogP contribution in [0.4, 0.5) is 0 Å². The van der Waals surface area contributed by atoms with Crippen molar-refractivity contribution in [3.63, 3.8) is 0 Å². The molecule has 21 heavy (non-hydrogen) atoms. The SMILES string of the molecule is Cc1ccccc1CN(C)S(=O)(=O)c1c(C)csc1CCl. The van der Waals surface area contributed by atoms with Gasteiger partial charge in [-0.15, -0.1) is 22.9 Å². The quantitative estimate of drug-likeness (QED) is 0.771. The molecule has 2 aromatic rings. The molecule has 0 aliphatic carbocycles. The molecule has 0 N–H and O–H groups in total. The molecule has 1 aromatic carbocycles. The highest BCUT2D eigenvalue weighted by Gasteiger charge is 2.27. The van der Waals surface area contributed by atoms with Crippen LogP contribution in [0.5, 0.6) is 0 Å². The van der Waals surface area contributed by atoms with E-state index in [1.54, 1.807) is 14.0 Å². The van der Waals surface area contributed by atoms with E-state index in [0.717, 1.165) is 16.7 Å². The fraction of sp³-hybridized carbons (Fsp3) is 0.333. The highest BCUT2D eigenvalue weighted by molar-refractivity contribution is 7.89. The Morgan fingerprint density at radius 2 is 1.86 bits per heavy atom. The van der Waals surface area contributed by atoms with Gasteiger partial charge in [-0.25, -0.2) is 8.42 Å². The van der Waals surface area contributed by atoms with Crippen LogP contribution in [0.15, 0.2) is 34.5 Å². The van der Waals surface area contributed by atoms with E-state index >= 15 is 0 Å². The van der Waals surface area contributed by atoms with Gasteiger partial charge in [0.1, 0.15) is 4.90 Å². The highest BCUT2D eigenvalue weighted by Crippen LogP contribution is 2.31. The van der Waals surface area contributed by atoms with Gasteiger partial charge in [-0.05, 0) is 35.9 Å². The minimum absolute atomic E-state index is 0.214. The number of benzene rings is 1. The second-order valence-corrected chi connectivity index (χ2v) is 8.21. The molecule has 0 unspecified atom stereocenters. The molecule has 0 radical (unpaired) electrons. The predicted molar refractivity (Wildman–Crippen MR) is 88.4 cm³/mol. The van der Waals surface area contributed by atoms with E-state index in [1.165, 1.54) is 15.6 Å². The standard InChI is InChI=1S/C15H18ClNO2S2/c1-11-6-4-5-7-13(11)9-17(3)21(18,19)15-12(2)10-20-14(15)8-16/h4-7,10H,8-9H2,1-3H3. The van der Waals surface area contributed by atoms with Crippen molar-refractivity contribution in [1.82, 2.24) is 4.31 Å². The summed E-state index contributed by atoms with van der Waals surface area (Å²) in [6.45, 7) is 4.14. The van der Waals surface area contributed by atoms with E-state index < -0.39 is 10.0 Å². The predicted octanol–water partition coefficient (Wildman–Crippen LogP) is 3.92. The summed E-state index contributed by atoms with van der Waals surface area (Å²) in [6, 6.07) is 7.80. The van der Waals surface area contributed by atoms with E-state index in [9.17, 15) is 8.42 Å². The van der Waals surface area contributed by atoms with Crippen molar-refractivity contribution in [2.75, 3.05) is 7.05 Å². The number of rotatable bonds is 5. The third-order valence-corrected chi connectivity index (χ3v) is 7.13. The summed E-state index contributed by atoms with van der Waals surface area (Å²) < 4.78 is 27.0. The lowest BCUT2D eigenvalue weighted by molar-refractivity contribution is 0.465. The van der Waals surface area contributed by atoms with E-state index in [-0.39, 0.29) is 5.88 Å². The topological polar surface area (TPSA) is 37.4 Å². The summed E-state index contributed by atoms with van der Waals surface area (Å²) in [5.74, 6) is 0.214. The van der Waals surface area contributed by atoms with Crippen LogP contribution in [0.2, 0.25) is 0 Å². The van der Waals surface area contributed by atoms with E-state index in [4.69, 9.17) is 11.6 Å². The lowest BCUT2D eigenvalue weighted by Gasteiger charge is -2.19. The lowest BCUT2D eigenvalue weighted by Crippen LogP contribution is -2.27. The third kappa shape index (κ3) is 3.31. The molecule has 6 heteroatoms. The van der Waals surface area contributed by atoms with Gasteiger partial charge in [0.05, 0.1) is 5.88 Å². The summed E-state index contributed by atoms with van der Waals surface area (Å²) in [4.78, 5) is 1.06. The van der Waals surface area contributed by atoms with Gasteiger partial charge in [-0.1, -0.05) is 24.3 Å². The Morgan fingerprint density at radius 3 is 2.48 bits per heavy atom. The molecule has 1 heterocycles. The Kier molecular flexibility index (Phi) is 5.09. The van der Waals surface area contributed by atoms with Crippen molar-refractivity contribution >= 4 is 33.0 Å². The molecule has 0 spiro atoms. The van der Waals surface area contributed by atoms with Crippen LogP contribution in [-0.2, 0) is 22.4 Å². The summed E-state index contributed by atoms with van der Waals surface area (Å²) >= 11 is 7.26. The van der Waals surface area contributed by atoms with Crippen molar-refractivity contribution < 1.29 is 8.42 Å². The first-order valence-electron chi connectivity index (χ1n) is 6.51. The molecule has 114 valence electrons. The molecule has 0 atom stereocenters. The van der Waals surface area contributed by atoms with Gasteiger partial charge in [0.15, 0.2) is 0 Å². The number of halogens is 1. The second kappa shape index (κ2) is 6.48. The first-order chi connectivity index (χ1) is 9.87. The number of hydrogen-bond donors (Lipinski definition) is 0. The van der Waals surface area contributed by atoms with Gasteiger partial charge in [0, 0.05) is 18.5 Å². The fourth-order valence-corrected chi connectivity index (χ4v) is 5.35. The molecule has 0 saturated heterocycles. The number of alkyl halides is 1. The number of aryl methyl sites for hydroxylation is 2. The first-order valence-corrected chi connectivity index (χ1v) is 9.37. The van der Waals surface area contributed by atoms with Crippen molar-refractivity contribution in [3.05, 3.63) is 51.2 Å². The molecular formula is C15H18ClNO2S2. The Balaban J connectivity index is 2.35. The normalized spacial score (nSPS) is 12.0. The Labute approximate surface area is 135 Å². The van der Waals surface area contributed by atoms with Gasteiger partial charge >= 0.3 is 0 Å². The zero-order valence-electron chi connectivity index (χ0n) is 12.3. The Morgan fingerprint density at radius 1 is 1.19 bits per heavy atom. The summed E-state index contributed by atoms with van der Waals surface area (Å²) in [5, 5.41) is 1.84. The van der Waals surface area contributed by atoms with Crippen LogP contribution in [0, 0.1) is 13.8 Å². The minimum atomic E-state index is -3.52. The zero-order valence-corrected chi connectivity index (χ0v) is 14.6. The summed E-state index contributed by atoms with van der Waals surface area (Å²) in [7, 11) is -1.92. The molecule has 3 nitrogen and oxygen atoms in total. The van der Waals surface area contributed by atoms with Gasteiger partial charge in [0.25, 0.3) is 0 Å². The van der Waals surface area contributed by atoms with E-state index in [0.29, 0.717) is 16.3 Å². The van der Waals surface area contributed by atoms with Crippen LogP contribution in [0.25, 0.3) is 0 Å². The van der Waals surface area contributed by atoms with E-state index in [2.05, 4.69) is 0 Å². The van der Waals surface area contributed by atoms with Crippen molar-refractivity contribution in [2.24, 2.45) is 0 Å². The molecule has 0 fully saturated rings. The molecule has 2 rings (SSSR count). The molecule has 0 amide bonds. The highest BCUT2D eigenvalue weighted by atomic mass is 35.5. The molecular weight excluding hydrogens is 326 g/mol. The molecule has 0 saturated carbocycles. The van der Waals surface area contributed by atoms with Crippen molar-refractivity contribution in [2.45, 2.75) is 31.2 Å². The average molecular weight is 344 g/mol. The van der Waals surface area contributed by atoms with Crippen molar-refractivity contribution in [1.29, 1.82) is 0 Å². The number of thiophene rings is 1. The Bertz CT molecular complexity index is 738. The molecule has 0 aliphatic heterocycles. The van der Waals surface area contributed by atoms with Gasteiger partial charge in [-0.2, -0.15) is 4.31 Å². The first kappa shape index (κ1) is 16.5. The average Bonchev–Trinajstić information content (AvgIpc) is 2.83. The van der Waals surface area contributed by atoms with Gasteiger partial charge in [0.2, 0.25) is 10.0 Å². The van der Waals surface area contributed by atoms with Crippen molar-refractivity contribution in [3.8, 4) is 0 Å². The third-order valence-electron chi connectivity index (χ3n) is 3.43. The van der Waals surface area contributed by atoms with Crippen LogP contribution < -0.4 is 0 Å². The zero-order chi connectivity index (χ0) is 15.6. The molecule has 0 bridgehead atoms. The summed E-state index contributed by atoms with van der Waals surface area (Å²) in [6.07, 6.45) is 0. The molecule has 1 aromatic heterocycles. The number of sulfonamides is 1. The largest absolute Gasteiger partial charge is 0.244 e. The summed E-state index contributed by atoms with van der Waals surface area (Å²) in [5.41, 5.74) is 2.84. The molecule has 0 aliphatic rings. The fourth-order valence-electron chi connectivity index (χ4n) is 2.19. The van der Waals surface area contributed by atoms with Crippen LogP contribution in [0.3, 0.4) is 0 Å². The van der Waals surface area contributed by atoms with Gasteiger partial charge in [-0.3, -0.25) is 0 Å². The maximum absolute atomic E-state index is 12.8. The van der Waals surface area contributed by atoms with Gasteiger partial charge < -0.3 is 0 Å². The Hall–Kier alpha value is -0.880. The minimum Gasteiger partial charge on any atom is -0.207 e. The number of nitrogens with zero attached hydrogens (tertiary/aromatic N) is 1. The smallest absolute Gasteiger partial charge is 0.207 e. The van der Waals surface area contributed by atoms with E-state index in [1.807, 2.05) is 36.6 Å². The maximum Gasteiger partial charge on any atom is 0.244 e.